The minimum atomic E-state index is -0.0703. The van der Waals surface area contributed by atoms with Crippen molar-refractivity contribution in [3.63, 3.8) is 0 Å². The third-order valence-electron chi connectivity index (χ3n) is 3.00. The largest absolute Gasteiger partial charge is 0.331 e. The zero-order chi connectivity index (χ0) is 12.5. The van der Waals surface area contributed by atoms with Crippen molar-refractivity contribution in [1.82, 2.24) is 19.4 Å². The first-order valence-corrected chi connectivity index (χ1v) is 6.01. The molecule has 2 aromatic heterocycles. The van der Waals surface area contributed by atoms with Crippen molar-refractivity contribution in [2.24, 2.45) is 0 Å². The minimum Gasteiger partial charge on any atom is -0.331 e. The van der Waals surface area contributed by atoms with Gasteiger partial charge in [0.2, 0.25) is 0 Å². The summed E-state index contributed by atoms with van der Waals surface area (Å²) in [6.45, 7) is 2.02. The van der Waals surface area contributed by atoms with E-state index in [0.29, 0.717) is 23.8 Å². The van der Waals surface area contributed by atoms with Crippen molar-refractivity contribution in [2.45, 2.75) is 13.1 Å². The summed E-state index contributed by atoms with van der Waals surface area (Å²) in [7, 11) is 0. The minimum absolute atomic E-state index is 0.0703. The predicted octanol–water partition coefficient (Wildman–Crippen LogP) is 1.59. The lowest BCUT2D eigenvalue weighted by atomic mass is 10.2. The standard InChI is InChI=1S/C12H11ClN4O/c13-9-1-2-11(15-5-9)12(18)16-3-4-17-8-14-6-10(17)7-16/h1-2,5-6,8H,3-4,7H2. The average molecular weight is 263 g/mol. The zero-order valence-corrected chi connectivity index (χ0v) is 10.3. The Hall–Kier alpha value is -1.88. The van der Waals surface area contributed by atoms with Crippen LogP contribution in [-0.4, -0.2) is 31.9 Å². The second kappa shape index (κ2) is 4.42. The lowest BCUT2D eigenvalue weighted by Gasteiger charge is -2.27. The fourth-order valence-corrected chi connectivity index (χ4v) is 2.13. The Morgan fingerprint density at radius 3 is 2.94 bits per heavy atom. The molecule has 0 spiro atoms. The molecule has 0 bridgehead atoms. The highest BCUT2D eigenvalue weighted by Crippen LogP contribution is 2.14. The molecule has 2 aromatic rings. The topological polar surface area (TPSA) is 51.0 Å². The van der Waals surface area contributed by atoms with Gasteiger partial charge in [0.1, 0.15) is 5.69 Å². The van der Waals surface area contributed by atoms with E-state index in [4.69, 9.17) is 11.6 Å². The fourth-order valence-electron chi connectivity index (χ4n) is 2.02. The molecule has 0 aliphatic carbocycles. The number of aromatic nitrogens is 3. The van der Waals surface area contributed by atoms with Gasteiger partial charge in [0, 0.05) is 25.5 Å². The molecule has 0 atom stereocenters. The zero-order valence-electron chi connectivity index (χ0n) is 9.58. The summed E-state index contributed by atoms with van der Waals surface area (Å²) in [6, 6.07) is 3.33. The average Bonchev–Trinajstić information content (AvgIpc) is 2.86. The van der Waals surface area contributed by atoms with Crippen LogP contribution >= 0.6 is 11.6 Å². The molecule has 6 heteroatoms. The number of fused-ring (bicyclic) bond motifs is 1. The van der Waals surface area contributed by atoms with E-state index in [0.717, 1.165) is 12.2 Å². The van der Waals surface area contributed by atoms with E-state index in [1.165, 1.54) is 6.20 Å². The first-order valence-electron chi connectivity index (χ1n) is 5.64. The summed E-state index contributed by atoms with van der Waals surface area (Å²) in [5.41, 5.74) is 1.47. The molecule has 0 saturated carbocycles. The van der Waals surface area contributed by atoms with Crippen molar-refractivity contribution in [1.29, 1.82) is 0 Å². The number of pyridine rings is 1. The number of carbonyl (C=O) groups excluding carboxylic acids is 1. The maximum atomic E-state index is 12.2. The Bertz CT molecular complexity index is 578. The molecule has 0 aromatic carbocycles. The van der Waals surface area contributed by atoms with E-state index in [9.17, 15) is 4.79 Å². The van der Waals surface area contributed by atoms with Crippen LogP contribution < -0.4 is 0 Å². The number of hydrogen-bond acceptors (Lipinski definition) is 3. The quantitative estimate of drug-likeness (QED) is 0.784. The lowest BCUT2D eigenvalue weighted by Crippen LogP contribution is -2.38. The summed E-state index contributed by atoms with van der Waals surface area (Å²) in [5.74, 6) is -0.0703. The van der Waals surface area contributed by atoms with Crippen LogP contribution in [0.25, 0.3) is 0 Å². The number of amides is 1. The summed E-state index contributed by atoms with van der Waals surface area (Å²) in [5, 5.41) is 0.531. The van der Waals surface area contributed by atoms with Gasteiger partial charge in [-0.15, -0.1) is 0 Å². The molecule has 18 heavy (non-hydrogen) atoms. The van der Waals surface area contributed by atoms with Gasteiger partial charge in [-0.3, -0.25) is 4.79 Å². The van der Waals surface area contributed by atoms with Gasteiger partial charge in [-0.25, -0.2) is 9.97 Å². The maximum Gasteiger partial charge on any atom is 0.272 e. The molecule has 1 aliphatic rings. The van der Waals surface area contributed by atoms with Crippen molar-refractivity contribution in [3.8, 4) is 0 Å². The van der Waals surface area contributed by atoms with Crippen LogP contribution in [0.5, 0.6) is 0 Å². The number of imidazole rings is 1. The Morgan fingerprint density at radius 2 is 2.17 bits per heavy atom. The normalized spacial score (nSPS) is 14.4. The Kier molecular flexibility index (Phi) is 2.76. The summed E-state index contributed by atoms with van der Waals surface area (Å²) < 4.78 is 2.05. The van der Waals surface area contributed by atoms with Crippen LogP contribution in [0.4, 0.5) is 0 Å². The van der Waals surface area contributed by atoms with Crippen LogP contribution in [-0.2, 0) is 13.1 Å². The first kappa shape index (κ1) is 11.2. The summed E-state index contributed by atoms with van der Waals surface area (Å²) in [4.78, 5) is 22.1. The van der Waals surface area contributed by atoms with Crippen LogP contribution in [0.2, 0.25) is 5.02 Å². The van der Waals surface area contributed by atoms with Crippen molar-refractivity contribution < 1.29 is 4.79 Å². The fraction of sp³-hybridized carbons (Fsp3) is 0.250. The Morgan fingerprint density at radius 1 is 1.28 bits per heavy atom. The van der Waals surface area contributed by atoms with Crippen LogP contribution in [0.3, 0.4) is 0 Å². The van der Waals surface area contributed by atoms with Crippen molar-refractivity contribution >= 4 is 17.5 Å². The highest BCUT2D eigenvalue weighted by molar-refractivity contribution is 6.30. The molecule has 0 fully saturated rings. The Balaban J connectivity index is 1.80. The van der Waals surface area contributed by atoms with Gasteiger partial charge in [-0.05, 0) is 12.1 Å². The van der Waals surface area contributed by atoms with Crippen molar-refractivity contribution in [2.75, 3.05) is 6.54 Å². The second-order valence-electron chi connectivity index (χ2n) is 4.17. The van der Waals surface area contributed by atoms with E-state index < -0.39 is 0 Å². The van der Waals surface area contributed by atoms with E-state index >= 15 is 0 Å². The Labute approximate surface area is 109 Å². The maximum absolute atomic E-state index is 12.2. The third kappa shape index (κ3) is 1.97. The monoisotopic (exact) mass is 262 g/mol. The third-order valence-corrected chi connectivity index (χ3v) is 3.22. The van der Waals surface area contributed by atoms with Gasteiger partial charge in [-0.2, -0.15) is 0 Å². The predicted molar refractivity (Wildman–Crippen MR) is 66.2 cm³/mol. The molecule has 3 rings (SSSR count). The summed E-state index contributed by atoms with van der Waals surface area (Å²) in [6.07, 6.45) is 5.06. The molecule has 92 valence electrons. The van der Waals surface area contributed by atoms with Gasteiger partial charge < -0.3 is 9.47 Å². The second-order valence-corrected chi connectivity index (χ2v) is 4.60. The number of halogens is 1. The molecule has 3 heterocycles. The molecule has 0 radical (unpaired) electrons. The smallest absolute Gasteiger partial charge is 0.272 e. The number of hydrogen-bond donors (Lipinski definition) is 0. The molecule has 5 nitrogen and oxygen atoms in total. The molecule has 0 saturated heterocycles. The van der Waals surface area contributed by atoms with E-state index in [1.54, 1.807) is 29.6 Å². The first-order chi connectivity index (χ1) is 8.74. The SMILES string of the molecule is O=C(c1ccc(Cl)cn1)N1CCn2cncc2C1. The van der Waals surface area contributed by atoms with E-state index in [-0.39, 0.29) is 5.91 Å². The number of carbonyl (C=O) groups is 1. The van der Waals surface area contributed by atoms with Gasteiger partial charge in [-0.1, -0.05) is 11.6 Å². The molecule has 1 aliphatic heterocycles. The highest BCUT2D eigenvalue weighted by atomic mass is 35.5. The molecule has 0 N–H and O–H groups in total. The van der Waals surface area contributed by atoms with E-state index in [2.05, 4.69) is 14.5 Å². The molecular weight excluding hydrogens is 252 g/mol. The van der Waals surface area contributed by atoms with Gasteiger partial charge in [0.25, 0.3) is 5.91 Å². The highest BCUT2D eigenvalue weighted by Gasteiger charge is 2.22. The van der Waals surface area contributed by atoms with Crippen LogP contribution in [0.1, 0.15) is 16.2 Å². The van der Waals surface area contributed by atoms with Crippen LogP contribution in [0, 0.1) is 0 Å². The number of nitrogens with zero attached hydrogens (tertiary/aromatic N) is 4. The van der Waals surface area contributed by atoms with Gasteiger partial charge >= 0.3 is 0 Å². The lowest BCUT2D eigenvalue weighted by molar-refractivity contribution is 0.0705. The van der Waals surface area contributed by atoms with Crippen LogP contribution in [0.15, 0.2) is 30.9 Å². The molecular formula is C12H11ClN4O. The van der Waals surface area contributed by atoms with Crippen molar-refractivity contribution in [3.05, 3.63) is 47.3 Å². The number of rotatable bonds is 1. The molecule has 0 unspecified atom stereocenters. The molecule has 1 amide bonds. The van der Waals surface area contributed by atoms with Gasteiger partial charge in [0.05, 0.1) is 23.6 Å². The van der Waals surface area contributed by atoms with Gasteiger partial charge in [0.15, 0.2) is 0 Å². The van der Waals surface area contributed by atoms with E-state index in [1.807, 2.05) is 0 Å². The summed E-state index contributed by atoms with van der Waals surface area (Å²) >= 11 is 5.76.